The summed E-state index contributed by atoms with van der Waals surface area (Å²) in [5, 5.41) is 0. The molecule has 4 rings (SSSR count). The summed E-state index contributed by atoms with van der Waals surface area (Å²) >= 11 is 0. The summed E-state index contributed by atoms with van der Waals surface area (Å²) in [6.45, 7) is 14.3. The van der Waals surface area contributed by atoms with Gasteiger partial charge >= 0.3 is 18.0 Å². The van der Waals surface area contributed by atoms with Crippen molar-refractivity contribution in [3.63, 3.8) is 0 Å². The molecular formula is C33H45N3O6. The minimum absolute atomic E-state index is 0.0359. The van der Waals surface area contributed by atoms with E-state index in [2.05, 4.69) is 24.3 Å². The van der Waals surface area contributed by atoms with Crippen LogP contribution in [-0.2, 0) is 23.8 Å². The van der Waals surface area contributed by atoms with Crippen LogP contribution in [0.3, 0.4) is 0 Å². The van der Waals surface area contributed by atoms with E-state index in [1.807, 2.05) is 75.6 Å². The van der Waals surface area contributed by atoms with Gasteiger partial charge in [0.25, 0.3) is 0 Å². The van der Waals surface area contributed by atoms with Crippen molar-refractivity contribution in [2.24, 2.45) is 0 Å². The second-order valence-electron chi connectivity index (χ2n) is 13.0. The first kappa shape index (κ1) is 31.5. The maximum Gasteiger partial charge on any atom is 0.409 e. The second-order valence-corrected chi connectivity index (χ2v) is 13.0. The lowest BCUT2D eigenvalue weighted by molar-refractivity contribution is -0.158. The fourth-order valence-corrected chi connectivity index (χ4v) is 5.44. The van der Waals surface area contributed by atoms with Crippen LogP contribution in [0.15, 0.2) is 48.5 Å². The Bertz CT molecular complexity index is 1180. The van der Waals surface area contributed by atoms with Gasteiger partial charge in [-0.25, -0.2) is 4.79 Å². The van der Waals surface area contributed by atoms with Crippen molar-refractivity contribution >= 4 is 18.0 Å². The molecule has 2 aromatic carbocycles. The van der Waals surface area contributed by atoms with Gasteiger partial charge in [-0.05, 0) is 63.8 Å². The van der Waals surface area contributed by atoms with Crippen molar-refractivity contribution in [2.75, 3.05) is 59.0 Å². The molecule has 1 aliphatic carbocycles. The first-order valence-corrected chi connectivity index (χ1v) is 14.8. The molecule has 0 atom stereocenters. The number of carbonyl (C=O) groups is 3. The highest BCUT2D eigenvalue weighted by Gasteiger charge is 2.31. The van der Waals surface area contributed by atoms with Crippen LogP contribution in [0, 0.1) is 0 Å². The Balaban J connectivity index is 1.45. The van der Waals surface area contributed by atoms with Crippen molar-refractivity contribution in [1.29, 1.82) is 0 Å². The van der Waals surface area contributed by atoms with Crippen molar-refractivity contribution in [3.8, 4) is 11.1 Å². The zero-order chi connectivity index (χ0) is 30.5. The normalized spacial score (nSPS) is 17.0. The van der Waals surface area contributed by atoms with E-state index in [9.17, 15) is 14.4 Å². The number of amides is 1. The predicted molar refractivity (Wildman–Crippen MR) is 161 cm³/mol. The largest absolute Gasteiger partial charge is 0.459 e. The molecule has 9 heteroatoms. The Morgan fingerprint density at radius 1 is 0.667 bits per heavy atom. The molecule has 1 heterocycles. The molecule has 9 nitrogen and oxygen atoms in total. The van der Waals surface area contributed by atoms with E-state index in [1.54, 1.807) is 4.90 Å². The zero-order valence-corrected chi connectivity index (χ0v) is 25.9. The molecule has 1 fully saturated rings. The molecule has 0 aromatic heterocycles. The Labute approximate surface area is 249 Å². The number of hydrogen-bond donors (Lipinski definition) is 0. The summed E-state index contributed by atoms with van der Waals surface area (Å²) in [5.74, 6) is -0.688. The van der Waals surface area contributed by atoms with Gasteiger partial charge in [-0.3, -0.25) is 19.4 Å². The SMILES string of the molecule is CC(C)(C)OC(=O)CN1CCN(CC(=O)OC(C)(C)C)CCN(C(=O)OCC2c3ccccc3-c3ccccc32)CC1. The summed E-state index contributed by atoms with van der Waals surface area (Å²) in [4.78, 5) is 44.3. The Morgan fingerprint density at radius 3 is 1.50 bits per heavy atom. The van der Waals surface area contributed by atoms with Gasteiger partial charge in [-0.15, -0.1) is 0 Å². The molecule has 1 saturated heterocycles. The van der Waals surface area contributed by atoms with Crippen LogP contribution in [0.1, 0.15) is 58.6 Å². The Morgan fingerprint density at radius 2 is 1.07 bits per heavy atom. The summed E-state index contributed by atoms with van der Waals surface area (Å²) in [6, 6.07) is 16.5. The van der Waals surface area contributed by atoms with E-state index in [0.717, 1.165) is 11.1 Å². The van der Waals surface area contributed by atoms with Crippen LogP contribution < -0.4 is 0 Å². The lowest BCUT2D eigenvalue weighted by Gasteiger charge is -2.27. The van der Waals surface area contributed by atoms with Crippen LogP contribution in [0.5, 0.6) is 0 Å². The molecule has 0 bridgehead atoms. The van der Waals surface area contributed by atoms with E-state index < -0.39 is 17.3 Å². The molecule has 0 radical (unpaired) electrons. The topological polar surface area (TPSA) is 88.6 Å². The highest BCUT2D eigenvalue weighted by atomic mass is 16.6. The molecule has 1 amide bonds. The van der Waals surface area contributed by atoms with Crippen LogP contribution in [0.2, 0.25) is 0 Å². The molecule has 42 heavy (non-hydrogen) atoms. The average molecular weight is 580 g/mol. The van der Waals surface area contributed by atoms with Gasteiger partial charge in [-0.2, -0.15) is 0 Å². The summed E-state index contributed by atoms with van der Waals surface area (Å²) in [6.07, 6.45) is -0.409. The summed E-state index contributed by atoms with van der Waals surface area (Å²) in [5.41, 5.74) is 3.48. The highest BCUT2D eigenvalue weighted by molar-refractivity contribution is 5.79. The minimum atomic E-state index is -0.590. The Hall–Kier alpha value is -3.43. The number of rotatable bonds is 6. The average Bonchev–Trinajstić information content (AvgIpc) is 3.24. The van der Waals surface area contributed by atoms with Gasteiger partial charge in [0.15, 0.2) is 0 Å². The number of carbonyl (C=O) groups excluding carboxylic acids is 3. The smallest absolute Gasteiger partial charge is 0.409 e. The molecule has 0 saturated carbocycles. The van der Waals surface area contributed by atoms with Gasteiger partial charge in [0.1, 0.15) is 17.8 Å². The lowest BCUT2D eigenvalue weighted by atomic mass is 9.98. The van der Waals surface area contributed by atoms with E-state index in [4.69, 9.17) is 14.2 Å². The first-order valence-electron chi connectivity index (χ1n) is 14.8. The number of ether oxygens (including phenoxy) is 3. The van der Waals surface area contributed by atoms with Gasteiger partial charge in [0, 0.05) is 45.2 Å². The second kappa shape index (κ2) is 13.3. The van der Waals surface area contributed by atoms with Gasteiger partial charge in [0.05, 0.1) is 13.1 Å². The molecular weight excluding hydrogens is 534 g/mol. The van der Waals surface area contributed by atoms with Gasteiger partial charge in [0.2, 0.25) is 0 Å². The van der Waals surface area contributed by atoms with E-state index in [-0.39, 0.29) is 37.6 Å². The van der Waals surface area contributed by atoms with Crippen LogP contribution >= 0.6 is 0 Å². The monoisotopic (exact) mass is 579 g/mol. The maximum absolute atomic E-state index is 13.5. The minimum Gasteiger partial charge on any atom is -0.459 e. The number of esters is 2. The van der Waals surface area contributed by atoms with E-state index in [1.165, 1.54) is 11.1 Å². The van der Waals surface area contributed by atoms with Crippen molar-refractivity contribution < 1.29 is 28.6 Å². The third-order valence-corrected chi connectivity index (χ3v) is 7.24. The maximum atomic E-state index is 13.5. The fourth-order valence-electron chi connectivity index (χ4n) is 5.44. The predicted octanol–water partition coefficient (Wildman–Crippen LogP) is 4.54. The van der Waals surface area contributed by atoms with Gasteiger partial charge in [-0.1, -0.05) is 48.5 Å². The van der Waals surface area contributed by atoms with Crippen LogP contribution in [-0.4, -0.2) is 103 Å². The number of fused-ring (bicyclic) bond motifs is 3. The molecule has 0 N–H and O–H groups in total. The van der Waals surface area contributed by atoms with Crippen molar-refractivity contribution in [2.45, 2.75) is 58.7 Å². The standard InChI is InChI=1S/C33H45N3O6/c1-32(2,3)41-29(37)21-34-15-16-35(22-30(38)42-33(4,5)6)18-20-36(19-17-34)31(39)40-23-28-26-13-9-7-11-24(26)25-12-8-10-14-27(25)28/h7-14,28H,15-23H2,1-6H3. The quantitative estimate of drug-likeness (QED) is 0.364. The summed E-state index contributed by atoms with van der Waals surface area (Å²) in [7, 11) is 0. The molecule has 2 aliphatic rings. The zero-order valence-electron chi connectivity index (χ0n) is 25.9. The van der Waals surface area contributed by atoms with Crippen LogP contribution in [0.25, 0.3) is 11.1 Å². The van der Waals surface area contributed by atoms with Crippen molar-refractivity contribution in [1.82, 2.24) is 14.7 Å². The number of hydrogen-bond acceptors (Lipinski definition) is 8. The molecule has 2 aromatic rings. The van der Waals surface area contributed by atoms with Crippen molar-refractivity contribution in [3.05, 3.63) is 59.7 Å². The third kappa shape index (κ3) is 8.79. The number of nitrogens with zero attached hydrogens (tertiary/aromatic N) is 3. The lowest BCUT2D eigenvalue weighted by Crippen LogP contribution is -2.42. The van der Waals surface area contributed by atoms with E-state index in [0.29, 0.717) is 39.3 Å². The molecule has 228 valence electrons. The summed E-state index contributed by atoms with van der Waals surface area (Å²) < 4.78 is 17.0. The molecule has 1 aliphatic heterocycles. The first-order chi connectivity index (χ1) is 19.8. The van der Waals surface area contributed by atoms with Gasteiger partial charge < -0.3 is 19.1 Å². The fraction of sp³-hybridized carbons (Fsp3) is 0.545. The molecule has 0 unspecified atom stereocenters. The highest BCUT2D eigenvalue weighted by Crippen LogP contribution is 2.44. The number of benzene rings is 2. The van der Waals surface area contributed by atoms with E-state index >= 15 is 0 Å². The van der Waals surface area contributed by atoms with Crippen LogP contribution in [0.4, 0.5) is 4.79 Å². The molecule has 0 spiro atoms. The Kier molecular flexibility index (Phi) is 9.94. The third-order valence-electron chi connectivity index (χ3n) is 7.24.